The second-order valence-electron chi connectivity index (χ2n) is 4.46. The lowest BCUT2D eigenvalue weighted by atomic mass is 10.2. The zero-order valence-corrected chi connectivity index (χ0v) is 12.6. The molecule has 0 spiro atoms. The van der Waals surface area contributed by atoms with E-state index in [4.69, 9.17) is 0 Å². The molecule has 104 valence electrons. The molecule has 0 atom stereocenters. The zero-order chi connectivity index (χ0) is 14.3. The number of H-pyrrole nitrogens is 1. The monoisotopic (exact) mass is 355 g/mol. The van der Waals surface area contributed by atoms with E-state index in [1.54, 1.807) is 16.7 Å². The summed E-state index contributed by atoms with van der Waals surface area (Å²) in [6, 6.07) is 5.19. The standard InChI is InChI=1S/C12H10BrN3O3S/c13-6-1-4-9(8(5-6)10(17)18)20-12-15-14-11(19)16(12)7-2-3-7/h1,4-5,7H,2-3H2,(H,14,19)(H,17,18). The van der Waals surface area contributed by atoms with E-state index < -0.39 is 5.97 Å². The molecule has 0 unspecified atom stereocenters. The number of nitrogens with zero attached hydrogens (tertiary/aromatic N) is 2. The number of rotatable bonds is 4. The van der Waals surface area contributed by atoms with Gasteiger partial charge >= 0.3 is 11.7 Å². The molecule has 1 heterocycles. The van der Waals surface area contributed by atoms with Crippen LogP contribution in [0.15, 0.2) is 37.5 Å². The Bertz CT molecular complexity index is 736. The Morgan fingerprint density at radius 2 is 2.25 bits per heavy atom. The Balaban J connectivity index is 1.99. The van der Waals surface area contributed by atoms with Gasteiger partial charge in [-0.05, 0) is 42.8 Å². The lowest BCUT2D eigenvalue weighted by Crippen LogP contribution is -2.16. The van der Waals surface area contributed by atoms with E-state index in [9.17, 15) is 14.7 Å². The van der Waals surface area contributed by atoms with Crippen LogP contribution in [0.5, 0.6) is 0 Å². The maximum atomic E-state index is 11.7. The van der Waals surface area contributed by atoms with Gasteiger partial charge in [-0.1, -0.05) is 15.9 Å². The fourth-order valence-electron chi connectivity index (χ4n) is 1.87. The van der Waals surface area contributed by atoms with Crippen LogP contribution in [-0.4, -0.2) is 25.8 Å². The van der Waals surface area contributed by atoms with Crippen molar-refractivity contribution in [1.82, 2.24) is 14.8 Å². The smallest absolute Gasteiger partial charge is 0.344 e. The molecular formula is C12H10BrN3O3S. The Morgan fingerprint density at radius 1 is 1.50 bits per heavy atom. The number of carboxylic acids is 1. The Labute approximate surface area is 126 Å². The predicted molar refractivity (Wildman–Crippen MR) is 76.3 cm³/mol. The maximum absolute atomic E-state index is 11.7. The number of aromatic nitrogens is 3. The molecule has 1 aliphatic carbocycles. The van der Waals surface area contributed by atoms with Crippen LogP contribution in [0, 0.1) is 0 Å². The highest BCUT2D eigenvalue weighted by Crippen LogP contribution is 2.38. The van der Waals surface area contributed by atoms with Gasteiger partial charge in [0.15, 0.2) is 5.16 Å². The molecule has 1 fully saturated rings. The van der Waals surface area contributed by atoms with Gasteiger partial charge in [0.05, 0.1) is 5.56 Å². The summed E-state index contributed by atoms with van der Waals surface area (Å²) >= 11 is 4.44. The lowest BCUT2D eigenvalue weighted by molar-refractivity contribution is 0.0693. The van der Waals surface area contributed by atoms with Crippen molar-refractivity contribution in [3.8, 4) is 0 Å². The molecule has 2 aromatic rings. The molecule has 3 rings (SSSR count). The van der Waals surface area contributed by atoms with Gasteiger partial charge < -0.3 is 5.11 Å². The minimum Gasteiger partial charge on any atom is -0.478 e. The van der Waals surface area contributed by atoms with Crippen LogP contribution in [0.3, 0.4) is 0 Å². The highest BCUT2D eigenvalue weighted by atomic mass is 79.9. The van der Waals surface area contributed by atoms with E-state index in [-0.39, 0.29) is 17.3 Å². The largest absolute Gasteiger partial charge is 0.478 e. The maximum Gasteiger partial charge on any atom is 0.344 e. The van der Waals surface area contributed by atoms with E-state index in [2.05, 4.69) is 26.1 Å². The van der Waals surface area contributed by atoms with E-state index in [0.29, 0.717) is 14.5 Å². The molecular weight excluding hydrogens is 346 g/mol. The number of benzene rings is 1. The third-order valence-corrected chi connectivity index (χ3v) is 4.50. The van der Waals surface area contributed by atoms with Crippen molar-refractivity contribution in [3.63, 3.8) is 0 Å². The second kappa shape index (κ2) is 5.10. The third kappa shape index (κ3) is 2.53. The molecule has 1 aromatic heterocycles. The van der Waals surface area contributed by atoms with Gasteiger partial charge in [0, 0.05) is 15.4 Å². The van der Waals surface area contributed by atoms with Gasteiger partial charge in [-0.2, -0.15) is 0 Å². The molecule has 1 aliphatic rings. The number of halogens is 1. The van der Waals surface area contributed by atoms with E-state index in [0.717, 1.165) is 12.8 Å². The number of carbonyl (C=O) groups is 1. The fraction of sp³-hybridized carbons (Fsp3) is 0.250. The molecule has 1 aromatic carbocycles. The van der Waals surface area contributed by atoms with E-state index in [1.165, 1.54) is 17.8 Å². The minimum atomic E-state index is -1.01. The number of hydrogen-bond acceptors (Lipinski definition) is 4. The first kappa shape index (κ1) is 13.4. The van der Waals surface area contributed by atoms with Gasteiger partial charge in [-0.25, -0.2) is 14.7 Å². The van der Waals surface area contributed by atoms with Crippen LogP contribution < -0.4 is 5.69 Å². The summed E-state index contributed by atoms with van der Waals surface area (Å²) in [7, 11) is 0. The molecule has 6 nitrogen and oxygen atoms in total. The topological polar surface area (TPSA) is 88.0 Å². The average molecular weight is 356 g/mol. The first-order valence-corrected chi connectivity index (χ1v) is 7.55. The predicted octanol–water partition coefficient (Wildman–Crippen LogP) is 2.52. The van der Waals surface area contributed by atoms with E-state index >= 15 is 0 Å². The lowest BCUT2D eigenvalue weighted by Gasteiger charge is -2.06. The number of aromatic amines is 1. The molecule has 0 radical (unpaired) electrons. The van der Waals surface area contributed by atoms with Gasteiger partial charge in [0.25, 0.3) is 0 Å². The van der Waals surface area contributed by atoms with Crippen molar-refractivity contribution in [2.45, 2.75) is 28.9 Å². The average Bonchev–Trinajstić information content (AvgIpc) is 3.17. The quantitative estimate of drug-likeness (QED) is 0.879. The van der Waals surface area contributed by atoms with Gasteiger partial charge in [0.2, 0.25) is 0 Å². The molecule has 20 heavy (non-hydrogen) atoms. The molecule has 2 N–H and O–H groups in total. The minimum absolute atomic E-state index is 0.183. The van der Waals surface area contributed by atoms with Crippen LogP contribution in [0.2, 0.25) is 0 Å². The van der Waals surface area contributed by atoms with E-state index in [1.807, 2.05) is 0 Å². The fourth-order valence-corrected chi connectivity index (χ4v) is 3.25. The summed E-state index contributed by atoms with van der Waals surface area (Å²) in [5, 5.41) is 16.1. The normalized spacial score (nSPS) is 14.4. The van der Waals surface area contributed by atoms with Crippen LogP contribution in [0.1, 0.15) is 29.2 Å². The van der Waals surface area contributed by atoms with Gasteiger partial charge in [-0.15, -0.1) is 5.10 Å². The Hall–Kier alpha value is -1.54. The van der Waals surface area contributed by atoms with Crippen molar-refractivity contribution < 1.29 is 9.90 Å². The Kier molecular flexibility index (Phi) is 3.43. The second-order valence-corrected chi connectivity index (χ2v) is 6.38. The number of aromatic carboxylic acids is 1. The van der Waals surface area contributed by atoms with Crippen LogP contribution in [-0.2, 0) is 0 Å². The first-order valence-electron chi connectivity index (χ1n) is 5.94. The first-order chi connectivity index (χ1) is 9.56. The summed E-state index contributed by atoms with van der Waals surface area (Å²) in [5.74, 6) is -1.01. The SMILES string of the molecule is O=C(O)c1cc(Br)ccc1Sc1n[nH]c(=O)n1C1CC1. The third-order valence-electron chi connectivity index (χ3n) is 2.96. The van der Waals surface area contributed by atoms with Crippen LogP contribution in [0.4, 0.5) is 0 Å². The number of carboxylic acid groups (broad SMARTS) is 1. The Morgan fingerprint density at radius 3 is 2.90 bits per heavy atom. The molecule has 0 aliphatic heterocycles. The number of hydrogen-bond donors (Lipinski definition) is 2. The molecule has 8 heteroatoms. The number of nitrogens with one attached hydrogen (secondary N) is 1. The van der Waals surface area contributed by atoms with Gasteiger partial charge in [-0.3, -0.25) is 4.57 Å². The molecule has 0 bridgehead atoms. The van der Waals surface area contributed by atoms with Gasteiger partial charge in [0.1, 0.15) is 0 Å². The summed E-state index contributed by atoms with van der Waals surface area (Å²) in [6.45, 7) is 0. The van der Waals surface area contributed by atoms with Crippen molar-refractivity contribution >= 4 is 33.7 Å². The highest BCUT2D eigenvalue weighted by Gasteiger charge is 2.29. The molecule has 0 saturated heterocycles. The summed E-state index contributed by atoms with van der Waals surface area (Å²) in [4.78, 5) is 23.5. The van der Waals surface area contributed by atoms with Crippen molar-refractivity contribution in [1.29, 1.82) is 0 Å². The van der Waals surface area contributed by atoms with Crippen molar-refractivity contribution in [2.24, 2.45) is 0 Å². The van der Waals surface area contributed by atoms with Crippen LogP contribution >= 0.6 is 27.7 Å². The van der Waals surface area contributed by atoms with Crippen molar-refractivity contribution in [2.75, 3.05) is 0 Å². The summed E-state index contributed by atoms with van der Waals surface area (Å²) in [5.41, 5.74) is -0.0637. The molecule has 0 amide bonds. The highest BCUT2D eigenvalue weighted by molar-refractivity contribution is 9.10. The molecule has 1 saturated carbocycles. The van der Waals surface area contributed by atoms with Crippen molar-refractivity contribution in [3.05, 3.63) is 38.7 Å². The zero-order valence-electron chi connectivity index (χ0n) is 10.2. The van der Waals surface area contributed by atoms with Crippen LogP contribution in [0.25, 0.3) is 0 Å². The summed E-state index contributed by atoms with van der Waals surface area (Å²) < 4.78 is 2.29. The summed E-state index contributed by atoms with van der Waals surface area (Å²) in [6.07, 6.45) is 1.91.